The molecule has 2 atom stereocenters. The second-order valence-electron chi connectivity index (χ2n) is 7.38. The van der Waals surface area contributed by atoms with Crippen LogP contribution >= 0.6 is 0 Å². The van der Waals surface area contributed by atoms with E-state index in [9.17, 15) is 0 Å². The molecule has 0 aromatic rings. The lowest BCUT2D eigenvalue weighted by atomic mass is 9.75. The molecule has 1 aliphatic carbocycles. The molecule has 1 aliphatic heterocycles. The van der Waals surface area contributed by atoms with Crippen LogP contribution in [0.2, 0.25) is 0 Å². The highest BCUT2D eigenvalue weighted by Gasteiger charge is 2.30. The molecule has 2 N–H and O–H groups in total. The lowest BCUT2D eigenvalue weighted by Gasteiger charge is -2.39. The van der Waals surface area contributed by atoms with Gasteiger partial charge in [0.25, 0.3) is 0 Å². The molecule has 0 unspecified atom stereocenters. The van der Waals surface area contributed by atoms with Crippen molar-refractivity contribution < 1.29 is 0 Å². The lowest BCUT2D eigenvalue weighted by molar-refractivity contribution is 0.101. The van der Waals surface area contributed by atoms with Crippen molar-refractivity contribution >= 4 is 0 Å². The van der Waals surface area contributed by atoms with Gasteiger partial charge in [-0.1, -0.05) is 20.8 Å². The quantitative estimate of drug-likeness (QED) is 0.801. The van der Waals surface area contributed by atoms with Gasteiger partial charge >= 0.3 is 0 Å². The molecule has 17 heavy (non-hydrogen) atoms. The molecule has 2 rings (SSSR count). The maximum atomic E-state index is 5.99. The van der Waals surface area contributed by atoms with Crippen molar-refractivity contribution in [2.75, 3.05) is 19.6 Å². The summed E-state index contributed by atoms with van der Waals surface area (Å²) in [5.41, 5.74) is 6.49. The van der Waals surface area contributed by atoms with Crippen LogP contribution in [-0.2, 0) is 0 Å². The summed E-state index contributed by atoms with van der Waals surface area (Å²) in [4.78, 5) is 2.69. The fourth-order valence-corrected chi connectivity index (χ4v) is 3.63. The van der Waals surface area contributed by atoms with Crippen LogP contribution in [0.15, 0.2) is 0 Å². The van der Waals surface area contributed by atoms with Gasteiger partial charge in [0, 0.05) is 12.6 Å². The van der Waals surface area contributed by atoms with Gasteiger partial charge in [-0.15, -0.1) is 0 Å². The van der Waals surface area contributed by atoms with Gasteiger partial charge in [0.15, 0.2) is 0 Å². The van der Waals surface area contributed by atoms with Gasteiger partial charge in [0.05, 0.1) is 0 Å². The molecule has 0 radical (unpaired) electrons. The van der Waals surface area contributed by atoms with E-state index in [2.05, 4.69) is 25.7 Å². The second kappa shape index (κ2) is 5.27. The molecule has 2 heteroatoms. The Bertz CT molecular complexity index is 236. The van der Waals surface area contributed by atoms with Gasteiger partial charge in [-0.2, -0.15) is 0 Å². The summed E-state index contributed by atoms with van der Waals surface area (Å²) >= 11 is 0. The summed E-state index contributed by atoms with van der Waals surface area (Å²) in [5.74, 6) is 1.81. The largest absolute Gasteiger partial charge is 0.328 e. The molecule has 0 aromatic heterocycles. The van der Waals surface area contributed by atoms with Crippen LogP contribution in [0.3, 0.4) is 0 Å². The molecule has 2 aliphatic rings. The molecule has 1 saturated carbocycles. The van der Waals surface area contributed by atoms with E-state index in [4.69, 9.17) is 5.73 Å². The predicted molar refractivity (Wildman–Crippen MR) is 73.9 cm³/mol. The minimum Gasteiger partial charge on any atom is -0.328 e. The van der Waals surface area contributed by atoms with Crippen molar-refractivity contribution in [1.29, 1.82) is 0 Å². The normalized spacial score (nSPS) is 33.2. The standard InChI is InChI=1S/C15H30N2/c1-15(2,3)13-6-8-17(9-7-13)11-12-4-5-14(16)10-12/h12-14H,4-11,16H2,1-3H3/t12-,14+/m1/s1. The molecule has 1 saturated heterocycles. The number of nitrogens with zero attached hydrogens (tertiary/aromatic N) is 1. The Morgan fingerprint density at radius 1 is 1.06 bits per heavy atom. The Morgan fingerprint density at radius 3 is 2.18 bits per heavy atom. The van der Waals surface area contributed by atoms with E-state index in [0.29, 0.717) is 11.5 Å². The maximum absolute atomic E-state index is 5.99. The number of piperidine rings is 1. The van der Waals surface area contributed by atoms with E-state index in [0.717, 1.165) is 11.8 Å². The van der Waals surface area contributed by atoms with E-state index in [1.165, 1.54) is 51.7 Å². The van der Waals surface area contributed by atoms with Gasteiger partial charge in [0.1, 0.15) is 0 Å². The number of hydrogen-bond acceptors (Lipinski definition) is 2. The van der Waals surface area contributed by atoms with E-state index in [1.54, 1.807) is 0 Å². The van der Waals surface area contributed by atoms with E-state index in [1.807, 2.05) is 0 Å². The molecule has 0 spiro atoms. The summed E-state index contributed by atoms with van der Waals surface area (Å²) in [7, 11) is 0. The van der Waals surface area contributed by atoms with Crippen molar-refractivity contribution in [1.82, 2.24) is 4.90 Å². The van der Waals surface area contributed by atoms with Crippen LogP contribution in [0.25, 0.3) is 0 Å². The van der Waals surface area contributed by atoms with Crippen LogP contribution in [0, 0.1) is 17.3 Å². The number of likely N-dealkylation sites (tertiary alicyclic amines) is 1. The van der Waals surface area contributed by atoms with Crippen molar-refractivity contribution in [2.24, 2.45) is 23.0 Å². The third-order valence-corrected chi connectivity index (χ3v) is 4.91. The molecule has 2 nitrogen and oxygen atoms in total. The first-order chi connectivity index (χ1) is 7.95. The minimum atomic E-state index is 0.493. The molecular weight excluding hydrogens is 208 g/mol. The summed E-state index contributed by atoms with van der Waals surface area (Å²) in [6.45, 7) is 11.1. The van der Waals surface area contributed by atoms with E-state index >= 15 is 0 Å². The fourth-order valence-electron chi connectivity index (χ4n) is 3.63. The SMILES string of the molecule is CC(C)(C)C1CCN(C[C@@H]2CC[C@H](N)C2)CC1. The predicted octanol–water partition coefficient (Wildman–Crippen LogP) is 2.87. The van der Waals surface area contributed by atoms with Crippen LogP contribution in [-0.4, -0.2) is 30.6 Å². The van der Waals surface area contributed by atoms with Crippen LogP contribution in [0.1, 0.15) is 52.9 Å². The Morgan fingerprint density at radius 2 is 1.71 bits per heavy atom. The summed E-state index contributed by atoms with van der Waals surface area (Å²) in [5, 5.41) is 0. The van der Waals surface area contributed by atoms with E-state index in [-0.39, 0.29) is 0 Å². The molecule has 1 heterocycles. The fraction of sp³-hybridized carbons (Fsp3) is 1.00. The highest BCUT2D eigenvalue weighted by molar-refractivity contribution is 4.84. The Kier molecular flexibility index (Phi) is 4.14. The third-order valence-electron chi connectivity index (χ3n) is 4.91. The average Bonchev–Trinajstić information content (AvgIpc) is 2.63. The molecule has 0 aromatic carbocycles. The zero-order valence-corrected chi connectivity index (χ0v) is 11.9. The maximum Gasteiger partial charge on any atom is 0.00420 e. The number of rotatable bonds is 2. The topological polar surface area (TPSA) is 29.3 Å². The lowest BCUT2D eigenvalue weighted by Crippen LogP contribution is -2.40. The average molecular weight is 238 g/mol. The zero-order chi connectivity index (χ0) is 12.5. The van der Waals surface area contributed by atoms with Gasteiger partial charge in [-0.25, -0.2) is 0 Å². The smallest absolute Gasteiger partial charge is 0.00420 e. The Hall–Kier alpha value is -0.0800. The summed E-state index contributed by atoms with van der Waals surface area (Å²) in [6, 6.07) is 0.493. The zero-order valence-electron chi connectivity index (χ0n) is 11.9. The van der Waals surface area contributed by atoms with E-state index < -0.39 is 0 Å². The molecule has 2 fully saturated rings. The van der Waals surface area contributed by atoms with Crippen LogP contribution in [0.4, 0.5) is 0 Å². The van der Waals surface area contributed by atoms with Crippen molar-refractivity contribution in [2.45, 2.75) is 58.9 Å². The molecule has 0 amide bonds. The molecular formula is C15H30N2. The Balaban J connectivity index is 1.72. The highest BCUT2D eigenvalue weighted by atomic mass is 15.1. The first-order valence-electron chi connectivity index (χ1n) is 7.43. The first-order valence-corrected chi connectivity index (χ1v) is 7.43. The van der Waals surface area contributed by atoms with Crippen LogP contribution in [0.5, 0.6) is 0 Å². The van der Waals surface area contributed by atoms with Gasteiger partial charge in [-0.3, -0.25) is 0 Å². The Labute approximate surface area is 107 Å². The van der Waals surface area contributed by atoms with Crippen molar-refractivity contribution in [3.8, 4) is 0 Å². The van der Waals surface area contributed by atoms with Gasteiger partial charge in [0.2, 0.25) is 0 Å². The van der Waals surface area contributed by atoms with Crippen molar-refractivity contribution in [3.63, 3.8) is 0 Å². The van der Waals surface area contributed by atoms with Crippen LogP contribution < -0.4 is 5.73 Å². The number of nitrogens with two attached hydrogens (primary N) is 1. The molecule has 0 bridgehead atoms. The highest BCUT2D eigenvalue weighted by Crippen LogP contribution is 2.35. The first kappa shape index (κ1) is 13.4. The van der Waals surface area contributed by atoms with Crippen molar-refractivity contribution in [3.05, 3.63) is 0 Å². The summed E-state index contributed by atoms with van der Waals surface area (Å²) < 4.78 is 0. The third kappa shape index (κ3) is 3.69. The minimum absolute atomic E-state index is 0.493. The van der Waals surface area contributed by atoms with Gasteiger partial charge < -0.3 is 10.6 Å². The number of hydrogen-bond donors (Lipinski definition) is 1. The second-order valence-corrected chi connectivity index (χ2v) is 7.38. The molecule has 100 valence electrons. The summed E-state index contributed by atoms with van der Waals surface area (Å²) in [6.07, 6.45) is 6.66. The monoisotopic (exact) mass is 238 g/mol. The van der Waals surface area contributed by atoms with Gasteiger partial charge in [-0.05, 0) is 62.4 Å².